The zero-order valence-electron chi connectivity index (χ0n) is 10.3. The number of nitrogens with zero attached hydrogens (tertiary/aromatic N) is 1. The molecule has 0 aliphatic heterocycles. The highest BCUT2D eigenvalue weighted by Gasteiger charge is 2.07. The molecule has 1 aromatic carbocycles. The SMILES string of the molecule is CCCNC(=O)CCNc1cccc(F)c1C#N. The number of halogens is 1. The maximum atomic E-state index is 13.3. The van der Waals surface area contributed by atoms with E-state index in [0.717, 1.165) is 6.42 Å². The first-order valence-electron chi connectivity index (χ1n) is 5.88. The zero-order valence-corrected chi connectivity index (χ0v) is 10.3. The molecule has 1 aromatic rings. The fourth-order valence-electron chi connectivity index (χ4n) is 1.45. The Hall–Kier alpha value is -2.09. The first-order valence-corrected chi connectivity index (χ1v) is 5.88. The quantitative estimate of drug-likeness (QED) is 0.810. The van der Waals surface area contributed by atoms with Gasteiger partial charge in [-0.3, -0.25) is 4.79 Å². The Balaban J connectivity index is 2.47. The molecule has 0 saturated carbocycles. The third kappa shape index (κ3) is 4.06. The van der Waals surface area contributed by atoms with Gasteiger partial charge in [0.1, 0.15) is 17.4 Å². The summed E-state index contributed by atoms with van der Waals surface area (Å²) in [4.78, 5) is 11.3. The molecule has 0 heterocycles. The molecular weight excluding hydrogens is 233 g/mol. The van der Waals surface area contributed by atoms with Crippen LogP contribution in [0.1, 0.15) is 25.3 Å². The summed E-state index contributed by atoms with van der Waals surface area (Å²) in [6.45, 7) is 3.00. The van der Waals surface area contributed by atoms with Crippen LogP contribution in [0, 0.1) is 17.1 Å². The minimum absolute atomic E-state index is 0.0218. The number of carbonyl (C=O) groups is 1. The van der Waals surface area contributed by atoms with Gasteiger partial charge in [0.05, 0.1) is 5.69 Å². The summed E-state index contributed by atoms with van der Waals surface area (Å²) in [5.41, 5.74) is 0.396. The van der Waals surface area contributed by atoms with Crippen molar-refractivity contribution in [1.29, 1.82) is 5.26 Å². The average Bonchev–Trinajstić information content (AvgIpc) is 2.36. The van der Waals surface area contributed by atoms with Crippen molar-refractivity contribution in [2.45, 2.75) is 19.8 Å². The van der Waals surface area contributed by atoms with Crippen molar-refractivity contribution in [1.82, 2.24) is 5.32 Å². The van der Waals surface area contributed by atoms with E-state index in [2.05, 4.69) is 10.6 Å². The molecule has 18 heavy (non-hydrogen) atoms. The molecule has 0 radical (unpaired) electrons. The van der Waals surface area contributed by atoms with E-state index in [0.29, 0.717) is 25.2 Å². The van der Waals surface area contributed by atoms with E-state index < -0.39 is 5.82 Å². The summed E-state index contributed by atoms with van der Waals surface area (Å²) in [5, 5.41) is 14.4. The van der Waals surface area contributed by atoms with E-state index in [1.54, 1.807) is 12.1 Å². The first-order chi connectivity index (χ1) is 8.69. The Labute approximate surface area is 106 Å². The van der Waals surface area contributed by atoms with Crippen molar-refractivity contribution >= 4 is 11.6 Å². The highest BCUT2D eigenvalue weighted by molar-refractivity contribution is 5.76. The van der Waals surface area contributed by atoms with Crippen molar-refractivity contribution in [3.8, 4) is 6.07 Å². The predicted octanol–water partition coefficient (Wildman–Crippen LogP) is 2.03. The van der Waals surface area contributed by atoms with Crippen LogP contribution in [0.25, 0.3) is 0 Å². The largest absolute Gasteiger partial charge is 0.383 e. The molecule has 0 aromatic heterocycles. The molecule has 1 amide bonds. The second-order valence-electron chi connectivity index (χ2n) is 3.80. The highest BCUT2D eigenvalue weighted by Crippen LogP contribution is 2.17. The topological polar surface area (TPSA) is 64.9 Å². The highest BCUT2D eigenvalue weighted by atomic mass is 19.1. The fourth-order valence-corrected chi connectivity index (χ4v) is 1.45. The van der Waals surface area contributed by atoms with Crippen LogP contribution in [0.5, 0.6) is 0 Å². The van der Waals surface area contributed by atoms with Crippen molar-refractivity contribution in [2.24, 2.45) is 0 Å². The third-order valence-electron chi connectivity index (χ3n) is 2.37. The number of hydrogen-bond donors (Lipinski definition) is 2. The molecule has 0 fully saturated rings. The summed E-state index contributed by atoms with van der Waals surface area (Å²) in [7, 11) is 0. The Kier molecular flexibility index (Phi) is 5.65. The number of nitrogens with one attached hydrogen (secondary N) is 2. The van der Waals surface area contributed by atoms with Gasteiger partial charge in [-0.2, -0.15) is 5.26 Å². The third-order valence-corrected chi connectivity index (χ3v) is 2.37. The minimum Gasteiger partial charge on any atom is -0.383 e. The van der Waals surface area contributed by atoms with E-state index in [1.165, 1.54) is 12.1 Å². The molecule has 96 valence electrons. The zero-order chi connectivity index (χ0) is 13.4. The van der Waals surface area contributed by atoms with Crippen LogP contribution in [0.15, 0.2) is 18.2 Å². The van der Waals surface area contributed by atoms with Crippen LogP contribution in [-0.4, -0.2) is 19.0 Å². The molecule has 0 aliphatic rings. The summed E-state index contributed by atoms with van der Waals surface area (Å²) >= 11 is 0. The van der Waals surface area contributed by atoms with Gasteiger partial charge >= 0.3 is 0 Å². The Bertz CT molecular complexity index is 454. The molecule has 0 atom stereocenters. The van der Waals surface area contributed by atoms with Crippen LogP contribution in [0.2, 0.25) is 0 Å². The molecule has 0 bridgehead atoms. The minimum atomic E-state index is -0.557. The van der Waals surface area contributed by atoms with Gasteiger partial charge in [-0.15, -0.1) is 0 Å². The van der Waals surface area contributed by atoms with Crippen LogP contribution in [0.4, 0.5) is 10.1 Å². The molecule has 5 heteroatoms. The van der Waals surface area contributed by atoms with E-state index in [1.807, 2.05) is 6.92 Å². The van der Waals surface area contributed by atoms with Gasteiger partial charge in [-0.25, -0.2) is 4.39 Å². The molecule has 2 N–H and O–H groups in total. The standard InChI is InChI=1S/C13H16FN3O/c1-2-7-17-13(18)6-8-16-12-5-3-4-11(14)10(12)9-15/h3-5,16H,2,6-8H2,1H3,(H,17,18). The van der Waals surface area contributed by atoms with E-state index >= 15 is 0 Å². The Morgan fingerprint density at radius 1 is 1.44 bits per heavy atom. The number of rotatable bonds is 6. The van der Waals surface area contributed by atoms with Crippen LogP contribution < -0.4 is 10.6 Å². The van der Waals surface area contributed by atoms with Gasteiger partial charge in [-0.05, 0) is 18.6 Å². The van der Waals surface area contributed by atoms with E-state index in [9.17, 15) is 9.18 Å². The summed E-state index contributed by atoms with van der Waals surface area (Å²) < 4.78 is 13.3. The van der Waals surface area contributed by atoms with Gasteiger partial charge in [0.2, 0.25) is 5.91 Å². The average molecular weight is 249 g/mol. The smallest absolute Gasteiger partial charge is 0.221 e. The van der Waals surface area contributed by atoms with Gasteiger partial charge in [-0.1, -0.05) is 13.0 Å². The molecule has 0 saturated heterocycles. The maximum Gasteiger partial charge on any atom is 0.221 e. The molecule has 4 nitrogen and oxygen atoms in total. The fraction of sp³-hybridized carbons (Fsp3) is 0.385. The summed E-state index contributed by atoms with van der Waals surface area (Å²) in [6.07, 6.45) is 1.18. The molecular formula is C13H16FN3O. The number of hydrogen-bond acceptors (Lipinski definition) is 3. The number of nitriles is 1. The van der Waals surface area contributed by atoms with Crippen molar-refractivity contribution in [3.05, 3.63) is 29.6 Å². The second kappa shape index (κ2) is 7.28. The van der Waals surface area contributed by atoms with Crippen molar-refractivity contribution < 1.29 is 9.18 Å². The van der Waals surface area contributed by atoms with E-state index in [-0.39, 0.29) is 11.5 Å². The first kappa shape index (κ1) is 14.0. The number of anilines is 1. The molecule has 0 unspecified atom stereocenters. The number of carbonyl (C=O) groups excluding carboxylic acids is 1. The molecule has 0 aliphatic carbocycles. The van der Waals surface area contributed by atoms with Crippen LogP contribution in [0.3, 0.4) is 0 Å². The Morgan fingerprint density at radius 3 is 2.89 bits per heavy atom. The van der Waals surface area contributed by atoms with Gasteiger partial charge in [0.15, 0.2) is 0 Å². The lowest BCUT2D eigenvalue weighted by Crippen LogP contribution is -2.25. The lowest BCUT2D eigenvalue weighted by molar-refractivity contribution is -0.120. The Morgan fingerprint density at radius 2 is 2.22 bits per heavy atom. The normalized spacial score (nSPS) is 9.61. The van der Waals surface area contributed by atoms with Gasteiger partial charge in [0.25, 0.3) is 0 Å². The summed E-state index contributed by atoms with van der Waals surface area (Å²) in [6, 6.07) is 6.17. The van der Waals surface area contributed by atoms with Crippen LogP contribution >= 0.6 is 0 Å². The molecule has 1 rings (SSSR count). The molecule has 0 spiro atoms. The second-order valence-corrected chi connectivity index (χ2v) is 3.80. The van der Waals surface area contributed by atoms with Crippen molar-refractivity contribution in [2.75, 3.05) is 18.4 Å². The summed E-state index contributed by atoms with van der Waals surface area (Å²) in [5.74, 6) is -0.614. The van der Waals surface area contributed by atoms with Gasteiger partial charge in [0, 0.05) is 19.5 Å². The van der Waals surface area contributed by atoms with Crippen molar-refractivity contribution in [3.63, 3.8) is 0 Å². The van der Waals surface area contributed by atoms with Gasteiger partial charge < -0.3 is 10.6 Å². The predicted molar refractivity (Wildman–Crippen MR) is 67.5 cm³/mol. The lowest BCUT2D eigenvalue weighted by atomic mass is 10.2. The maximum absolute atomic E-state index is 13.3. The monoisotopic (exact) mass is 249 g/mol. The lowest BCUT2D eigenvalue weighted by Gasteiger charge is -2.08. The number of benzene rings is 1. The van der Waals surface area contributed by atoms with Crippen LogP contribution in [-0.2, 0) is 4.79 Å². The number of amides is 1. The van der Waals surface area contributed by atoms with E-state index in [4.69, 9.17) is 5.26 Å².